The van der Waals surface area contributed by atoms with E-state index >= 15 is 0 Å². The molecule has 0 amide bonds. The zero-order chi connectivity index (χ0) is 14.9. The number of morpholine rings is 1. The Labute approximate surface area is 129 Å². The maximum Gasteiger partial charge on any atom is 0.231 e. The van der Waals surface area contributed by atoms with Gasteiger partial charge in [-0.1, -0.05) is 6.08 Å². The fourth-order valence-corrected chi connectivity index (χ4v) is 1.98. The molecule has 0 bridgehead atoms. The van der Waals surface area contributed by atoms with Crippen molar-refractivity contribution in [3.63, 3.8) is 0 Å². The van der Waals surface area contributed by atoms with Crippen LogP contribution in [0.3, 0.4) is 0 Å². The summed E-state index contributed by atoms with van der Waals surface area (Å²) in [5, 5.41) is 3.27. The van der Waals surface area contributed by atoms with Crippen LogP contribution in [0.25, 0.3) is 0 Å². The maximum absolute atomic E-state index is 5.95. The van der Waals surface area contributed by atoms with E-state index in [0.29, 0.717) is 44.9 Å². The standard InChI is InChI=1S/C13H20ClN5O2/c1-2-3-7-20-8-4-15-12-16-11(14)17-13(18-12)19-5-9-21-10-6-19/h2H,1,3-10H2,(H,15,16,17,18). The summed E-state index contributed by atoms with van der Waals surface area (Å²) >= 11 is 5.95. The first-order chi connectivity index (χ1) is 10.3. The number of halogens is 1. The van der Waals surface area contributed by atoms with Gasteiger partial charge in [0, 0.05) is 19.6 Å². The molecule has 1 N–H and O–H groups in total. The number of hydrogen-bond acceptors (Lipinski definition) is 7. The topological polar surface area (TPSA) is 72.4 Å². The lowest BCUT2D eigenvalue weighted by Gasteiger charge is -2.26. The minimum absolute atomic E-state index is 0.182. The molecular weight excluding hydrogens is 294 g/mol. The van der Waals surface area contributed by atoms with Gasteiger partial charge in [0.15, 0.2) is 0 Å². The summed E-state index contributed by atoms with van der Waals surface area (Å²) in [7, 11) is 0. The average molecular weight is 314 g/mol. The number of hydrogen-bond donors (Lipinski definition) is 1. The highest BCUT2D eigenvalue weighted by Gasteiger charge is 2.15. The van der Waals surface area contributed by atoms with Crippen LogP contribution in [0.2, 0.25) is 5.28 Å². The van der Waals surface area contributed by atoms with Crippen LogP contribution in [-0.4, -0.2) is 61.0 Å². The number of nitrogens with one attached hydrogen (secondary N) is 1. The van der Waals surface area contributed by atoms with Gasteiger partial charge in [-0.15, -0.1) is 6.58 Å². The molecule has 2 rings (SSSR count). The van der Waals surface area contributed by atoms with Crippen molar-refractivity contribution in [3.8, 4) is 0 Å². The fraction of sp³-hybridized carbons (Fsp3) is 0.615. The average Bonchev–Trinajstić information content (AvgIpc) is 2.51. The summed E-state index contributed by atoms with van der Waals surface area (Å²) in [6.07, 6.45) is 2.67. The molecule has 116 valence electrons. The first-order valence-electron chi connectivity index (χ1n) is 6.96. The van der Waals surface area contributed by atoms with Gasteiger partial charge in [-0.2, -0.15) is 15.0 Å². The van der Waals surface area contributed by atoms with Gasteiger partial charge in [0.05, 0.1) is 26.4 Å². The second kappa shape index (κ2) is 8.76. The van der Waals surface area contributed by atoms with E-state index in [1.54, 1.807) is 0 Å². The Bertz CT molecular complexity index is 454. The number of rotatable bonds is 8. The third kappa shape index (κ3) is 5.45. The van der Waals surface area contributed by atoms with Crippen LogP contribution in [-0.2, 0) is 9.47 Å². The van der Waals surface area contributed by atoms with E-state index in [-0.39, 0.29) is 5.28 Å². The molecule has 1 aliphatic rings. The molecule has 0 aromatic carbocycles. The van der Waals surface area contributed by atoms with Crippen molar-refractivity contribution in [1.82, 2.24) is 15.0 Å². The van der Waals surface area contributed by atoms with E-state index in [1.807, 2.05) is 11.0 Å². The summed E-state index contributed by atoms with van der Waals surface area (Å²) in [6.45, 7) is 8.34. The molecule has 0 saturated carbocycles. The summed E-state index contributed by atoms with van der Waals surface area (Å²) < 4.78 is 10.7. The molecule has 1 saturated heterocycles. The zero-order valence-corrected chi connectivity index (χ0v) is 12.7. The lowest BCUT2D eigenvalue weighted by atomic mass is 10.4. The molecule has 0 aliphatic carbocycles. The highest BCUT2D eigenvalue weighted by Crippen LogP contribution is 2.14. The SMILES string of the molecule is C=CCCOCCNc1nc(Cl)nc(N2CCOCC2)n1. The Morgan fingerprint density at radius 1 is 1.29 bits per heavy atom. The predicted octanol–water partition coefficient (Wildman–Crippen LogP) is 1.37. The second-order valence-corrected chi connectivity index (χ2v) is 4.78. The summed E-state index contributed by atoms with van der Waals surface area (Å²) in [5.74, 6) is 1.04. The highest BCUT2D eigenvalue weighted by atomic mass is 35.5. The van der Waals surface area contributed by atoms with Gasteiger partial charge in [-0.3, -0.25) is 0 Å². The Hall–Kier alpha value is -1.44. The molecule has 0 unspecified atom stereocenters. The Morgan fingerprint density at radius 2 is 2.10 bits per heavy atom. The van der Waals surface area contributed by atoms with E-state index < -0.39 is 0 Å². The monoisotopic (exact) mass is 313 g/mol. The van der Waals surface area contributed by atoms with Gasteiger partial charge in [-0.05, 0) is 18.0 Å². The van der Waals surface area contributed by atoms with E-state index in [2.05, 4.69) is 26.8 Å². The normalized spacial score (nSPS) is 15.0. The maximum atomic E-state index is 5.95. The Kier molecular flexibility index (Phi) is 6.65. The number of nitrogens with zero attached hydrogens (tertiary/aromatic N) is 4. The smallest absolute Gasteiger partial charge is 0.231 e. The number of anilines is 2. The molecule has 21 heavy (non-hydrogen) atoms. The van der Waals surface area contributed by atoms with Crippen molar-refractivity contribution in [1.29, 1.82) is 0 Å². The van der Waals surface area contributed by atoms with Crippen molar-refractivity contribution >= 4 is 23.5 Å². The molecule has 0 spiro atoms. The summed E-state index contributed by atoms with van der Waals surface area (Å²) in [6, 6.07) is 0. The zero-order valence-electron chi connectivity index (χ0n) is 11.9. The number of aromatic nitrogens is 3. The van der Waals surface area contributed by atoms with Gasteiger partial charge >= 0.3 is 0 Å². The van der Waals surface area contributed by atoms with Crippen molar-refractivity contribution < 1.29 is 9.47 Å². The highest BCUT2D eigenvalue weighted by molar-refractivity contribution is 6.28. The molecule has 1 aromatic rings. The van der Waals surface area contributed by atoms with Crippen LogP contribution in [0.5, 0.6) is 0 Å². The molecule has 1 aromatic heterocycles. The van der Waals surface area contributed by atoms with Gasteiger partial charge in [-0.25, -0.2) is 0 Å². The van der Waals surface area contributed by atoms with Crippen LogP contribution in [0, 0.1) is 0 Å². The largest absolute Gasteiger partial charge is 0.379 e. The summed E-state index contributed by atoms with van der Waals surface area (Å²) in [5.41, 5.74) is 0. The van der Waals surface area contributed by atoms with Crippen molar-refractivity contribution in [2.24, 2.45) is 0 Å². The summed E-state index contributed by atoms with van der Waals surface area (Å²) in [4.78, 5) is 14.6. The lowest BCUT2D eigenvalue weighted by Crippen LogP contribution is -2.37. The molecule has 2 heterocycles. The van der Waals surface area contributed by atoms with Crippen LogP contribution in [0.4, 0.5) is 11.9 Å². The van der Waals surface area contributed by atoms with Crippen LogP contribution in [0.1, 0.15) is 6.42 Å². The van der Waals surface area contributed by atoms with E-state index in [0.717, 1.165) is 19.5 Å². The first kappa shape index (κ1) is 15.9. The van der Waals surface area contributed by atoms with E-state index in [9.17, 15) is 0 Å². The van der Waals surface area contributed by atoms with Crippen molar-refractivity contribution in [2.75, 3.05) is 56.3 Å². The van der Waals surface area contributed by atoms with E-state index in [1.165, 1.54) is 0 Å². The fourth-order valence-electron chi connectivity index (χ4n) is 1.83. The minimum atomic E-state index is 0.182. The Morgan fingerprint density at radius 3 is 2.86 bits per heavy atom. The Balaban J connectivity index is 1.84. The van der Waals surface area contributed by atoms with Crippen LogP contribution < -0.4 is 10.2 Å². The minimum Gasteiger partial charge on any atom is -0.379 e. The lowest BCUT2D eigenvalue weighted by molar-refractivity contribution is 0.122. The third-order valence-electron chi connectivity index (χ3n) is 2.89. The van der Waals surface area contributed by atoms with E-state index in [4.69, 9.17) is 21.1 Å². The van der Waals surface area contributed by atoms with Gasteiger partial charge in [0.2, 0.25) is 17.2 Å². The molecule has 1 aliphatic heterocycles. The molecule has 0 atom stereocenters. The molecule has 8 heteroatoms. The first-order valence-corrected chi connectivity index (χ1v) is 7.34. The predicted molar refractivity (Wildman–Crippen MR) is 82.0 cm³/mol. The van der Waals surface area contributed by atoms with Crippen molar-refractivity contribution in [2.45, 2.75) is 6.42 Å². The number of ether oxygens (including phenoxy) is 2. The molecule has 0 radical (unpaired) electrons. The van der Waals surface area contributed by atoms with Crippen LogP contribution >= 0.6 is 11.6 Å². The van der Waals surface area contributed by atoms with Crippen molar-refractivity contribution in [3.05, 3.63) is 17.9 Å². The van der Waals surface area contributed by atoms with Gasteiger partial charge < -0.3 is 19.7 Å². The quantitative estimate of drug-likeness (QED) is 0.574. The molecule has 7 nitrogen and oxygen atoms in total. The second-order valence-electron chi connectivity index (χ2n) is 4.44. The third-order valence-corrected chi connectivity index (χ3v) is 3.06. The van der Waals surface area contributed by atoms with Crippen LogP contribution in [0.15, 0.2) is 12.7 Å². The van der Waals surface area contributed by atoms with Gasteiger partial charge in [0.25, 0.3) is 0 Å². The van der Waals surface area contributed by atoms with Gasteiger partial charge in [0.1, 0.15) is 0 Å². The molecular formula is C13H20ClN5O2. The molecule has 1 fully saturated rings.